The van der Waals surface area contributed by atoms with E-state index in [-0.39, 0.29) is 16.9 Å². The molecule has 1 saturated carbocycles. The van der Waals surface area contributed by atoms with E-state index in [0.29, 0.717) is 16.5 Å². The number of carbonyl (C=O) groups is 1. The zero-order valence-electron chi connectivity index (χ0n) is 15.3. The Bertz CT molecular complexity index is 592. The molecule has 0 saturated heterocycles. The maximum absolute atomic E-state index is 11.2. The smallest absolute Gasteiger partial charge is 0.303 e. The summed E-state index contributed by atoms with van der Waals surface area (Å²) in [5.41, 5.74) is 0.554. The second-order valence-electron chi connectivity index (χ2n) is 7.69. The van der Waals surface area contributed by atoms with Crippen molar-refractivity contribution in [3.05, 3.63) is 17.0 Å². The van der Waals surface area contributed by atoms with Gasteiger partial charge in [0, 0.05) is 12.5 Å². The molecule has 134 valence electrons. The summed E-state index contributed by atoms with van der Waals surface area (Å²) in [6.45, 7) is 9.90. The number of carbonyl (C=O) groups excluding carboxylic acids is 1. The summed E-state index contributed by atoms with van der Waals surface area (Å²) in [6.07, 6.45) is 6.81. The Balaban J connectivity index is 2.33. The number of nitrogens with one attached hydrogen (secondary N) is 1. The summed E-state index contributed by atoms with van der Waals surface area (Å²) in [7, 11) is 0. The number of hydrogen-bond acceptors (Lipinski definition) is 5. The lowest BCUT2D eigenvalue weighted by Gasteiger charge is -2.48. The molecule has 0 bridgehead atoms. The fraction of sp³-hybridized carbons (Fsp3) is 0.722. The van der Waals surface area contributed by atoms with Crippen LogP contribution in [0.3, 0.4) is 0 Å². The zero-order chi connectivity index (χ0) is 18.0. The quantitative estimate of drug-likeness (QED) is 0.778. The summed E-state index contributed by atoms with van der Waals surface area (Å²) in [6, 6.07) is 0. The first-order valence-corrected chi connectivity index (χ1v) is 9.00. The third kappa shape index (κ3) is 4.00. The van der Waals surface area contributed by atoms with Crippen LogP contribution in [-0.2, 0) is 9.53 Å². The lowest BCUT2D eigenvalue weighted by Crippen LogP contribution is -2.51. The third-order valence-corrected chi connectivity index (χ3v) is 5.42. The lowest BCUT2D eigenvalue weighted by molar-refractivity contribution is -0.145. The van der Waals surface area contributed by atoms with Crippen molar-refractivity contribution in [2.75, 3.05) is 5.32 Å². The molecule has 1 atom stereocenters. The minimum Gasteiger partial charge on any atom is -0.456 e. The molecule has 24 heavy (non-hydrogen) atoms. The van der Waals surface area contributed by atoms with E-state index in [0.717, 1.165) is 12.8 Å². The standard InChI is InChI=1S/C18H28ClN3O2/c1-12(24-13(2)23)15-14(19)16(21-11-20-15)22-18(17(3,4)5)9-7-6-8-10-18/h11-12H,6-10H2,1-5H3,(H,20,21,22). The number of rotatable bonds is 4. The van der Waals surface area contributed by atoms with Crippen LogP contribution >= 0.6 is 11.6 Å². The number of nitrogens with zero attached hydrogens (tertiary/aromatic N) is 2. The summed E-state index contributed by atoms with van der Waals surface area (Å²) < 4.78 is 5.21. The van der Waals surface area contributed by atoms with Crippen LogP contribution < -0.4 is 5.32 Å². The predicted octanol–water partition coefficient (Wildman–Crippen LogP) is 4.92. The van der Waals surface area contributed by atoms with Crippen LogP contribution in [0.15, 0.2) is 6.33 Å². The lowest BCUT2D eigenvalue weighted by atomic mass is 9.65. The van der Waals surface area contributed by atoms with Gasteiger partial charge in [0.2, 0.25) is 0 Å². The third-order valence-electron chi connectivity index (χ3n) is 5.04. The summed E-state index contributed by atoms with van der Waals surface area (Å²) in [4.78, 5) is 19.8. The minimum absolute atomic E-state index is 0.0504. The molecule has 2 rings (SSSR count). The largest absolute Gasteiger partial charge is 0.456 e. The first kappa shape index (κ1) is 19.0. The Kier molecular flexibility index (Phi) is 5.74. The highest BCUT2D eigenvalue weighted by Gasteiger charge is 2.43. The molecular weight excluding hydrogens is 326 g/mol. The van der Waals surface area contributed by atoms with E-state index in [4.69, 9.17) is 16.3 Å². The van der Waals surface area contributed by atoms with Crippen LogP contribution in [0.5, 0.6) is 0 Å². The molecule has 5 nitrogen and oxygen atoms in total. The molecule has 0 aliphatic heterocycles. The number of ether oxygens (including phenoxy) is 1. The second-order valence-corrected chi connectivity index (χ2v) is 8.07. The van der Waals surface area contributed by atoms with Gasteiger partial charge in [-0.2, -0.15) is 0 Å². The molecule has 6 heteroatoms. The fourth-order valence-electron chi connectivity index (χ4n) is 3.50. The summed E-state index contributed by atoms with van der Waals surface area (Å²) in [5.74, 6) is 0.266. The number of esters is 1. The highest BCUT2D eigenvalue weighted by molar-refractivity contribution is 6.33. The number of aromatic nitrogens is 2. The number of hydrogen-bond donors (Lipinski definition) is 1. The normalized spacial score (nSPS) is 18.8. The van der Waals surface area contributed by atoms with Crippen molar-refractivity contribution < 1.29 is 9.53 Å². The molecule has 1 aliphatic rings. The SMILES string of the molecule is CC(=O)OC(C)c1ncnc(NC2(C(C)(C)C)CCCCC2)c1Cl. The van der Waals surface area contributed by atoms with Gasteiger partial charge in [0.1, 0.15) is 29.0 Å². The molecular formula is C18H28ClN3O2. The van der Waals surface area contributed by atoms with Gasteiger partial charge in [-0.1, -0.05) is 51.6 Å². The Hall–Kier alpha value is -1.36. The minimum atomic E-state index is -0.504. The van der Waals surface area contributed by atoms with Crippen molar-refractivity contribution in [1.29, 1.82) is 0 Å². The van der Waals surface area contributed by atoms with E-state index in [1.54, 1.807) is 6.92 Å². The molecule has 1 aromatic rings. The maximum atomic E-state index is 11.2. The first-order chi connectivity index (χ1) is 11.2. The van der Waals surface area contributed by atoms with Crippen molar-refractivity contribution in [3.8, 4) is 0 Å². The van der Waals surface area contributed by atoms with Crippen LogP contribution in [0.4, 0.5) is 5.82 Å². The molecule has 1 fully saturated rings. The van der Waals surface area contributed by atoms with Crippen LogP contribution in [0.1, 0.15) is 78.5 Å². The van der Waals surface area contributed by atoms with Crippen LogP contribution in [0.25, 0.3) is 0 Å². The van der Waals surface area contributed by atoms with Gasteiger partial charge >= 0.3 is 5.97 Å². The molecule has 1 aliphatic carbocycles. The van der Waals surface area contributed by atoms with Crippen molar-refractivity contribution in [3.63, 3.8) is 0 Å². The van der Waals surface area contributed by atoms with E-state index in [1.807, 2.05) is 0 Å². The molecule has 0 radical (unpaired) electrons. The van der Waals surface area contributed by atoms with Crippen molar-refractivity contribution >= 4 is 23.4 Å². The highest BCUT2D eigenvalue weighted by atomic mass is 35.5. The van der Waals surface area contributed by atoms with E-state index in [2.05, 4.69) is 36.1 Å². The topological polar surface area (TPSA) is 64.1 Å². The van der Waals surface area contributed by atoms with Gasteiger partial charge in [-0.25, -0.2) is 9.97 Å². The highest BCUT2D eigenvalue weighted by Crippen LogP contribution is 2.45. The van der Waals surface area contributed by atoms with Crippen LogP contribution in [0.2, 0.25) is 5.02 Å². The van der Waals surface area contributed by atoms with Crippen molar-refractivity contribution in [1.82, 2.24) is 9.97 Å². The monoisotopic (exact) mass is 353 g/mol. The predicted molar refractivity (Wildman–Crippen MR) is 96.1 cm³/mol. The molecule has 1 heterocycles. The Morgan fingerprint density at radius 1 is 1.29 bits per heavy atom. The summed E-state index contributed by atoms with van der Waals surface area (Å²) in [5, 5.41) is 4.06. The molecule has 0 amide bonds. The van der Waals surface area contributed by atoms with Gasteiger partial charge in [0.05, 0.1) is 0 Å². The number of halogens is 1. The van der Waals surface area contributed by atoms with Crippen molar-refractivity contribution in [2.24, 2.45) is 5.41 Å². The molecule has 1 unspecified atom stereocenters. The van der Waals surface area contributed by atoms with Crippen LogP contribution in [0, 0.1) is 5.41 Å². The zero-order valence-corrected chi connectivity index (χ0v) is 16.0. The van der Waals surface area contributed by atoms with Gasteiger partial charge in [-0.05, 0) is 25.2 Å². The van der Waals surface area contributed by atoms with E-state index >= 15 is 0 Å². The van der Waals surface area contributed by atoms with Gasteiger partial charge in [0.25, 0.3) is 0 Å². The molecule has 1 aromatic heterocycles. The Morgan fingerprint density at radius 3 is 2.46 bits per heavy atom. The van der Waals surface area contributed by atoms with E-state index in [9.17, 15) is 4.79 Å². The Labute approximate surface area is 149 Å². The van der Waals surface area contributed by atoms with Crippen LogP contribution in [-0.4, -0.2) is 21.5 Å². The second kappa shape index (κ2) is 7.26. The van der Waals surface area contributed by atoms with Gasteiger partial charge < -0.3 is 10.1 Å². The molecule has 0 spiro atoms. The number of anilines is 1. The maximum Gasteiger partial charge on any atom is 0.303 e. The van der Waals surface area contributed by atoms with Gasteiger partial charge in [-0.15, -0.1) is 0 Å². The van der Waals surface area contributed by atoms with Gasteiger partial charge in [-0.3, -0.25) is 4.79 Å². The van der Waals surface area contributed by atoms with E-state index in [1.165, 1.54) is 32.5 Å². The van der Waals surface area contributed by atoms with E-state index < -0.39 is 6.10 Å². The average molecular weight is 354 g/mol. The molecule has 1 N–H and O–H groups in total. The molecule has 0 aromatic carbocycles. The van der Waals surface area contributed by atoms with Crippen molar-refractivity contribution in [2.45, 2.75) is 78.4 Å². The van der Waals surface area contributed by atoms with Gasteiger partial charge in [0.15, 0.2) is 0 Å². The average Bonchev–Trinajstić information content (AvgIpc) is 2.48. The Morgan fingerprint density at radius 2 is 1.92 bits per heavy atom. The fourth-order valence-corrected chi connectivity index (χ4v) is 3.80. The summed E-state index contributed by atoms with van der Waals surface area (Å²) >= 11 is 6.54. The first-order valence-electron chi connectivity index (χ1n) is 8.62.